The SMILES string of the molecule is CC(C)C(CCO)Nc1ncc(Br)cc1Br. The smallest absolute Gasteiger partial charge is 0.140 e. The first-order chi connectivity index (χ1) is 7.54. The molecule has 0 saturated carbocycles. The molecule has 0 aromatic carbocycles. The zero-order valence-electron chi connectivity index (χ0n) is 9.37. The van der Waals surface area contributed by atoms with Crippen molar-refractivity contribution in [2.75, 3.05) is 11.9 Å². The Morgan fingerprint density at radius 3 is 2.62 bits per heavy atom. The average Bonchev–Trinajstić information content (AvgIpc) is 2.20. The normalized spacial score (nSPS) is 12.9. The van der Waals surface area contributed by atoms with Crippen LogP contribution >= 0.6 is 31.9 Å². The van der Waals surface area contributed by atoms with E-state index >= 15 is 0 Å². The van der Waals surface area contributed by atoms with Crippen molar-refractivity contribution in [1.29, 1.82) is 0 Å². The Hall–Kier alpha value is -0.130. The maximum Gasteiger partial charge on any atom is 0.140 e. The van der Waals surface area contributed by atoms with Crippen molar-refractivity contribution in [3.05, 3.63) is 21.2 Å². The molecule has 2 N–H and O–H groups in total. The van der Waals surface area contributed by atoms with Crippen LogP contribution in [0.25, 0.3) is 0 Å². The summed E-state index contributed by atoms with van der Waals surface area (Å²) in [6, 6.07) is 2.18. The fourth-order valence-corrected chi connectivity index (χ4v) is 2.51. The van der Waals surface area contributed by atoms with Crippen molar-refractivity contribution in [3.8, 4) is 0 Å². The van der Waals surface area contributed by atoms with Crippen molar-refractivity contribution < 1.29 is 5.11 Å². The van der Waals surface area contributed by atoms with E-state index in [2.05, 4.69) is 56.0 Å². The number of anilines is 1. The van der Waals surface area contributed by atoms with Gasteiger partial charge in [-0.05, 0) is 50.3 Å². The molecule has 1 aromatic rings. The molecular formula is C11H16Br2N2O. The van der Waals surface area contributed by atoms with Crippen LogP contribution in [0.15, 0.2) is 21.2 Å². The standard InChI is InChI=1S/C11H16Br2N2O/c1-7(2)10(3-4-16)15-11-9(13)5-8(12)6-14-11/h5-7,10,16H,3-4H2,1-2H3,(H,14,15). The molecule has 1 unspecified atom stereocenters. The summed E-state index contributed by atoms with van der Waals surface area (Å²) in [7, 11) is 0. The summed E-state index contributed by atoms with van der Waals surface area (Å²) in [5.74, 6) is 1.26. The van der Waals surface area contributed by atoms with Crippen molar-refractivity contribution in [3.63, 3.8) is 0 Å². The van der Waals surface area contributed by atoms with Gasteiger partial charge in [-0.3, -0.25) is 0 Å². The molecule has 16 heavy (non-hydrogen) atoms. The Labute approximate surface area is 113 Å². The lowest BCUT2D eigenvalue weighted by atomic mass is 10.0. The van der Waals surface area contributed by atoms with Gasteiger partial charge in [0.1, 0.15) is 5.82 Å². The van der Waals surface area contributed by atoms with Gasteiger partial charge >= 0.3 is 0 Å². The third kappa shape index (κ3) is 4.03. The molecule has 0 radical (unpaired) electrons. The maximum absolute atomic E-state index is 9.00. The number of hydrogen-bond donors (Lipinski definition) is 2. The van der Waals surface area contributed by atoms with Crippen LogP contribution in [0.3, 0.4) is 0 Å². The van der Waals surface area contributed by atoms with Crippen LogP contribution in [0.1, 0.15) is 20.3 Å². The molecule has 1 rings (SSSR count). The lowest BCUT2D eigenvalue weighted by molar-refractivity contribution is 0.267. The van der Waals surface area contributed by atoms with Gasteiger partial charge in [0.15, 0.2) is 0 Å². The van der Waals surface area contributed by atoms with Gasteiger partial charge in [-0.25, -0.2) is 4.98 Å². The van der Waals surface area contributed by atoms with E-state index in [0.717, 1.165) is 21.2 Å². The zero-order valence-corrected chi connectivity index (χ0v) is 12.5. The summed E-state index contributed by atoms with van der Waals surface area (Å²) in [6.45, 7) is 4.43. The van der Waals surface area contributed by atoms with Gasteiger partial charge in [-0.2, -0.15) is 0 Å². The second-order valence-electron chi connectivity index (χ2n) is 3.99. The molecule has 0 bridgehead atoms. The summed E-state index contributed by atoms with van der Waals surface area (Å²) in [4.78, 5) is 4.30. The van der Waals surface area contributed by atoms with Gasteiger partial charge < -0.3 is 10.4 Å². The summed E-state index contributed by atoms with van der Waals surface area (Å²) < 4.78 is 1.86. The molecule has 0 aliphatic heterocycles. The Bertz CT molecular complexity index is 345. The molecule has 1 aromatic heterocycles. The highest BCUT2D eigenvalue weighted by Crippen LogP contribution is 2.25. The molecule has 5 heteroatoms. The average molecular weight is 352 g/mol. The van der Waals surface area contributed by atoms with Gasteiger partial charge in [-0.1, -0.05) is 13.8 Å². The Balaban J connectivity index is 2.77. The predicted octanol–water partition coefficient (Wildman–Crippen LogP) is 3.43. The minimum Gasteiger partial charge on any atom is -0.396 e. The van der Waals surface area contributed by atoms with Gasteiger partial charge in [-0.15, -0.1) is 0 Å². The molecule has 1 atom stereocenters. The molecule has 0 amide bonds. The van der Waals surface area contributed by atoms with E-state index in [4.69, 9.17) is 5.11 Å². The Morgan fingerprint density at radius 2 is 2.12 bits per heavy atom. The topological polar surface area (TPSA) is 45.1 Å². The highest BCUT2D eigenvalue weighted by atomic mass is 79.9. The Kier molecular flexibility index (Phi) is 5.72. The summed E-state index contributed by atoms with van der Waals surface area (Å²) in [6.07, 6.45) is 2.48. The second-order valence-corrected chi connectivity index (χ2v) is 5.76. The highest BCUT2D eigenvalue weighted by molar-refractivity contribution is 9.11. The monoisotopic (exact) mass is 350 g/mol. The lowest BCUT2D eigenvalue weighted by Crippen LogP contribution is -2.27. The van der Waals surface area contributed by atoms with Crippen molar-refractivity contribution in [2.24, 2.45) is 5.92 Å². The molecule has 90 valence electrons. The van der Waals surface area contributed by atoms with E-state index in [-0.39, 0.29) is 12.6 Å². The van der Waals surface area contributed by atoms with Crippen LogP contribution in [-0.4, -0.2) is 22.7 Å². The number of nitrogens with zero attached hydrogens (tertiary/aromatic N) is 1. The minimum atomic E-state index is 0.185. The second kappa shape index (κ2) is 6.57. The summed E-state index contributed by atoms with van der Waals surface area (Å²) >= 11 is 6.82. The van der Waals surface area contributed by atoms with Crippen molar-refractivity contribution in [1.82, 2.24) is 4.98 Å². The van der Waals surface area contributed by atoms with Crippen LogP contribution in [0.2, 0.25) is 0 Å². The molecule has 0 fully saturated rings. The molecule has 1 heterocycles. The summed E-state index contributed by atoms with van der Waals surface area (Å²) in [5.41, 5.74) is 0. The third-order valence-corrected chi connectivity index (χ3v) is 3.41. The first-order valence-electron chi connectivity index (χ1n) is 5.23. The fraction of sp³-hybridized carbons (Fsp3) is 0.545. The van der Waals surface area contributed by atoms with Gasteiger partial charge in [0.25, 0.3) is 0 Å². The zero-order chi connectivity index (χ0) is 12.1. The van der Waals surface area contributed by atoms with E-state index in [1.165, 1.54) is 0 Å². The number of aliphatic hydroxyl groups excluding tert-OH is 1. The van der Waals surface area contributed by atoms with Crippen molar-refractivity contribution in [2.45, 2.75) is 26.3 Å². The number of pyridine rings is 1. The van der Waals surface area contributed by atoms with Crippen molar-refractivity contribution >= 4 is 37.7 Å². The molecular weight excluding hydrogens is 336 g/mol. The fourth-order valence-electron chi connectivity index (χ4n) is 1.41. The Morgan fingerprint density at radius 1 is 1.44 bits per heavy atom. The van der Waals surface area contributed by atoms with Crippen LogP contribution in [0, 0.1) is 5.92 Å². The molecule has 3 nitrogen and oxygen atoms in total. The van der Waals surface area contributed by atoms with E-state index in [1.807, 2.05) is 6.07 Å². The quantitative estimate of drug-likeness (QED) is 0.854. The molecule has 0 saturated heterocycles. The lowest BCUT2D eigenvalue weighted by Gasteiger charge is -2.22. The predicted molar refractivity (Wildman–Crippen MR) is 73.6 cm³/mol. The maximum atomic E-state index is 9.00. The van der Waals surface area contributed by atoms with Gasteiger partial charge in [0, 0.05) is 23.3 Å². The third-order valence-electron chi connectivity index (χ3n) is 2.37. The first-order valence-corrected chi connectivity index (χ1v) is 6.81. The van der Waals surface area contributed by atoms with Crippen LogP contribution in [0.4, 0.5) is 5.82 Å². The van der Waals surface area contributed by atoms with Crippen LogP contribution in [0.5, 0.6) is 0 Å². The first kappa shape index (κ1) is 13.9. The van der Waals surface area contributed by atoms with E-state index in [9.17, 15) is 0 Å². The van der Waals surface area contributed by atoms with Gasteiger partial charge in [0.2, 0.25) is 0 Å². The number of aliphatic hydroxyl groups is 1. The highest BCUT2D eigenvalue weighted by Gasteiger charge is 2.14. The van der Waals surface area contributed by atoms with E-state index in [1.54, 1.807) is 6.20 Å². The number of hydrogen-bond acceptors (Lipinski definition) is 3. The van der Waals surface area contributed by atoms with Crippen LogP contribution in [-0.2, 0) is 0 Å². The largest absolute Gasteiger partial charge is 0.396 e. The molecule has 0 spiro atoms. The molecule has 0 aliphatic rings. The number of halogens is 2. The van der Waals surface area contributed by atoms with E-state index in [0.29, 0.717) is 5.92 Å². The minimum absolute atomic E-state index is 0.185. The number of aromatic nitrogens is 1. The van der Waals surface area contributed by atoms with Crippen LogP contribution < -0.4 is 5.32 Å². The number of rotatable bonds is 5. The summed E-state index contributed by atoms with van der Waals surface area (Å²) in [5, 5.41) is 12.3. The molecule has 0 aliphatic carbocycles. The van der Waals surface area contributed by atoms with Gasteiger partial charge in [0.05, 0.1) is 4.47 Å². The number of nitrogens with one attached hydrogen (secondary N) is 1. The van der Waals surface area contributed by atoms with E-state index < -0.39 is 0 Å².